The highest BCUT2D eigenvalue weighted by Gasteiger charge is 2.20. The van der Waals surface area contributed by atoms with E-state index in [4.69, 9.17) is 4.98 Å². The van der Waals surface area contributed by atoms with Gasteiger partial charge >= 0.3 is 0 Å². The Bertz CT molecular complexity index is 957. The summed E-state index contributed by atoms with van der Waals surface area (Å²) in [6, 6.07) is 16.2. The molecule has 27 heavy (non-hydrogen) atoms. The van der Waals surface area contributed by atoms with Gasteiger partial charge in [0, 0.05) is 0 Å². The summed E-state index contributed by atoms with van der Waals surface area (Å²) in [5, 5.41) is 11.9. The molecule has 5 rings (SSSR count). The maximum absolute atomic E-state index is 4.75. The first-order chi connectivity index (χ1) is 13.4. The number of H-pyrrole nitrogens is 1. The van der Waals surface area contributed by atoms with Crippen molar-refractivity contribution >= 4 is 22.1 Å². The zero-order chi connectivity index (χ0) is 18.5. The van der Waals surface area contributed by atoms with Crippen LogP contribution in [0.2, 0.25) is 0 Å². The van der Waals surface area contributed by atoms with E-state index >= 15 is 0 Å². The Labute approximate surface area is 159 Å². The van der Waals surface area contributed by atoms with Gasteiger partial charge in [-0.3, -0.25) is 0 Å². The maximum Gasteiger partial charge on any atom is 0.132 e. The molecule has 0 saturated carbocycles. The van der Waals surface area contributed by atoms with Gasteiger partial charge < -0.3 is 10.3 Å². The molecule has 6 nitrogen and oxygen atoms in total. The molecule has 6 heteroatoms. The van der Waals surface area contributed by atoms with E-state index < -0.39 is 0 Å². The van der Waals surface area contributed by atoms with Crippen molar-refractivity contribution in [2.24, 2.45) is 0 Å². The minimum atomic E-state index is 0.0739. The third kappa shape index (κ3) is 3.85. The molecule has 0 bridgehead atoms. The quantitative estimate of drug-likeness (QED) is 0.574. The van der Waals surface area contributed by atoms with Crippen LogP contribution in [0.4, 0.5) is 0 Å². The third-order valence-electron chi connectivity index (χ3n) is 4.92. The van der Waals surface area contributed by atoms with Gasteiger partial charge in [0.25, 0.3) is 0 Å². The van der Waals surface area contributed by atoms with Crippen LogP contribution in [0.25, 0.3) is 22.1 Å². The van der Waals surface area contributed by atoms with Crippen molar-refractivity contribution in [2.75, 3.05) is 13.1 Å². The van der Waals surface area contributed by atoms with Gasteiger partial charge in [0.2, 0.25) is 0 Å². The normalized spacial score (nSPS) is 15.0. The van der Waals surface area contributed by atoms with Crippen LogP contribution in [0.1, 0.15) is 44.5 Å². The van der Waals surface area contributed by atoms with Crippen LogP contribution in [0.5, 0.6) is 0 Å². The van der Waals surface area contributed by atoms with Crippen LogP contribution in [0.3, 0.4) is 0 Å². The lowest BCUT2D eigenvalue weighted by Crippen LogP contribution is -2.13. The number of nitrogens with one attached hydrogen (secondary N) is 2. The smallest absolute Gasteiger partial charge is 0.132 e. The second-order valence-corrected chi connectivity index (χ2v) is 6.92. The second-order valence-electron chi connectivity index (χ2n) is 6.92. The Morgan fingerprint density at radius 3 is 2.44 bits per heavy atom. The van der Waals surface area contributed by atoms with E-state index in [-0.39, 0.29) is 6.04 Å². The van der Waals surface area contributed by atoms with E-state index in [1.165, 1.54) is 25.9 Å². The van der Waals surface area contributed by atoms with Gasteiger partial charge in [-0.1, -0.05) is 42.8 Å². The molecule has 1 saturated heterocycles. The topological polar surface area (TPSA) is 71.4 Å². The highest BCUT2D eigenvalue weighted by Crippen LogP contribution is 2.26. The summed E-state index contributed by atoms with van der Waals surface area (Å²) >= 11 is 0. The van der Waals surface area contributed by atoms with Gasteiger partial charge in [-0.15, -0.1) is 5.10 Å². The molecule has 1 aliphatic rings. The highest BCUT2D eigenvalue weighted by atomic mass is 15.4. The predicted molar refractivity (Wildman–Crippen MR) is 109 cm³/mol. The fourth-order valence-electron chi connectivity index (χ4n) is 3.52. The van der Waals surface area contributed by atoms with Crippen molar-refractivity contribution in [2.45, 2.75) is 38.6 Å². The zero-order valence-corrected chi connectivity index (χ0v) is 15.7. The van der Waals surface area contributed by atoms with Gasteiger partial charge in [0.15, 0.2) is 0 Å². The number of imidazole rings is 1. The molecule has 1 aliphatic heterocycles. The van der Waals surface area contributed by atoms with Crippen molar-refractivity contribution in [3.05, 3.63) is 54.4 Å². The van der Waals surface area contributed by atoms with Gasteiger partial charge in [0.1, 0.15) is 17.4 Å². The van der Waals surface area contributed by atoms with Crippen LogP contribution < -0.4 is 5.32 Å². The average molecular weight is 362 g/mol. The summed E-state index contributed by atoms with van der Waals surface area (Å²) in [4.78, 5) is 8.18. The van der Waals surface area contributed by atoms with E-state index in [2.05, 4.69) is 33.6 Å². The molecule has 3 heterocycles. The molecule has 2 aromatic heterocycles. The molecule has 0 aliphatic carbocycles. The average Bonchev–Trinajstić information content (AvgIpc) is 3.47. The van der Waals surface area contributed by atoms with Crippen molar-refractivity contribution in [3.63, 3.8) is 0 Å². The zero-order valence-electron chi connectivity index (χ0n) is 15.7. The third-order valence-corrected chi connectivity index (χ3v) is 4.92. The Kier molecular flexibility index (Phi) is 5.44. The van der Waals surface area contributed by atoms with E-state index in [9.17, 15) is 0 Å². The molecule has 2 N–H and O–H groups in total. The van der Waals surface area contributed by atoms with Crippen molar-refractivity contribution in [1.82, 2.24) is 30.3 Å². The van der Waals surface area contributed by atoms with Crippen molar-refractivity contribution < 1.29 is 0 Å². The first kappa shape index (κ1) is 17.7. The minimum absolute atomic E-state index is 0.0739. The number of hydrogen-bond donors (Lipinski definition) is 2. The summed E-state index contributed by atoms with van der Waals surface area (Å²) in [6.45, 7) is 4.68. The van der Waals surface area contributed by atoms with E-state index in [0.29, 0.717) is 0 Å². The molecule has 1 unspecified atom stereocenters. The number of fused-ring (bicyclic) bond motifs is 2. The molecule has 1 atom stereocenters. The number of aromatic amines is 1. The molecular weight excluding hydrogens is 336 g/mol. The fourth-order valence-corrected chi connectivity index (χ4v) is 3.52. The summed E-state index contributed by atoms with van der Waals surface area (Å²) in [5.41, 5.74) is 4.01. The molecule has 1 fully saturated rings. The summed E-state index contributed by atoms with van der Waals surface area (Å²) < 4.78 is 1.98. The Balaban J connectivity index is 0.000000314. The van der Waals surface area contributed by atoms with Crippen LogP contribution in [0, 0.1) is 0 Å². The Hall–Kier alpha value is -2.73. The minimum Gasteiger partial charge on any atom is -0.340 e. The lowest BCUT2D eigenvalue weighted by atomic mass is 10.1. The number of rotatable bonds is 4. The molecule has 0 radical (unpaired) electrons. The first-order valence-electron chi connectivity index (χ1n) is 9.82. The number of aromatic nitrogens is 5. The van der Waals surface area contributed by atoms with E-state index in [0.717, 1.165) is 40.7 Å². The predicted octanol–water partition coefficient (Wildman–Crippen LogP) is 4.07. The van der Waals surface area contributed by atoms with Crippen LogP contribution in [-0.2, 0) is 0 Å². The molecule has 4 aromatic rings. The first-order valence-corrected chi connectivity index (χ1v) is 9.82. The summed E-state index contributed by atoms with van der Waals surface area (Å²) in [5.74, 6) is 0.943. The van der Waals surface area contributed by atoms with Crippen molar-refractivity contribution in [1.29, 1.82) is 0 Å². The summed E-state index contributed by atoms with van der Waals surface area (Å²) in [7, 11) is 0. The van der Waals surface area contributed by atoms with E-state index in [1.807, 2.05) is 47.1 Å². The maximum atomic E-state index is 4.75. The fraction of sp³-hybridized carbons (Fsp3) is 0.381. The lowest BCUT2D eigenvalue weighted by Gasteiger charge is -2.14. The standard InChI is InChI=1S/C17H17N5.C4H9N/c1-2-7-16(17-18-12-8-3-4-9-13(12)19-17)22-15-11-6-5-10-14(15)20-21-22;1-2-4-5-3-1/h3-6,8-11,16H,2,7H2,1H3,(H,18,19);5H,1-4H2. The van der Waals surface area contributed by atoms with Gasteiger partial charge in [0.05, 0.1) is 16.6 Å². The van der Waals surface area contributed by atoms with E-state index in [1.54, 1.807) is 0 Å². The Morgan fingerprint density at radius 1 is 1.00 bits per heavy atom. The summed E-state index contributed by atoms with van der Waals surface area (Å²) in [6.07, 6.45) is 4.79. The monoisotopic (exact) mass is 362 g/mol. The number of nitrogens with zero attached hydrogens (tertiary/aromatic N) is 4. The molecule has 140 valence electrons. The van der Waals surface area contributed by atoms with Crippen LogP contribution in [0.15, 0.2) is 48.5 Å². The molecule has 0 spiro atoms. The van der Waals surface area contributed by atoms with Crippen LogP contribution >= 0.6 is 0 Å². The number of benzene rings is 2. The van der Waals surface area contributed by atoms with Crippen molar-refractivity contribution in [3.8, 4) is 0 Å². The Morgan fingerprint density at radius 2 is 1.74 bits per heavy atom. The van der Waals surface area contributed by atoms with Crippen LogP contribution in [-0.4, -0.2) is 38.1 Å². The number of para-hydroxylation sites is 3. The number of hydrogen-bond acceptors (Lipinski definition) is 4. The molecule has 2 aromatic carbocycles. The highest BCUT2D eigenvalue weighted by molar-refractivity contribution is 5.76. The SMILES string of the molecule is C1CCNC1.CCCC(c1nc2ccccc2[nH]1)n1nnc2ccccc21. The molecule has 0 amide bonds. The largest absolute Gasteiger partial charge is 0.340 e. The van der Waals surface area contributed by atoms with Gasteiger partial charge in [-0.25, -0.2) is 9.67 Å². The second kappa shape index (κ2) is 8.31. The lowest BCUT2D eigenvalue weighted by molar-refractivity contribution is 0.466. The molecular formula is C21H26N6. The van der Waals surface area contributed by atoms with Gasteiger partial charge in [-0.05, 0) is 56.6 Å². The van der Waals surface area contributed by atoms with Gasteiger partial charge in [-0.2, -0.15) is 0 Å².